The molecule has 19 heavy (non-hydrogen) atoms. The maximum absolute atomic E-state index is 11.9. The summed E-state index contributed by atoms with van der Waals surface area (Å²) in [6.45, 7) is 3.85. The van der Waals surface area contributed by atoms with Crippen LogP contribution in [-0.4, -0.2) is 15.7 Å². The van der Waals surface area contributed by atoms with E-state index < -0.39 is 0 Å². The highest BCUT2D eigenvalue weighted by molar-refractivity contribution is 9.10. The number of hydrogen-bond acceptors (Lipinski definition) is 2. The minimum Gasteiger partial charge on any atom is -0.492 e. The quantitative estimate of drug-likeness (QED) is 0.819. The van der Waals surface area contributed by atoms with Gasteiger partial charge in [0.25, 0.3) is 0 Å². The molecule has 1 aromatic heterocycles. The zero-order valence-electron chi connectivity index (χ0n) is 10.9. The minimum absolute atomic E-state index is 0.0275. The Balaban J connectivity index is 1.91. The summed E-state index contributed by atoms with van der Waals surface area (Å²) in [4.78, 5) is 11.9. The van der Waals surface area contributed by atoms with Crippen LogP contribution in [0.25, 0.3) is 0 Å². The molecule has 0 atom stereocenters. The molecule has 0 unspecified atom stereocenters. The fourth-order valence-corrected chi connectivity index (χ4v) is 2.23. The van der Waals surface area contributed by atoms with Crippen LogP contribution < -0.4 is 10.4 Å². The van der Waals surface area contributed by atoms with Gasteiger partial charge in [-0.3, -0.25) is 9.13 Å². The van der Waals surface area contributed by atoms with Gasteiger partial charge in [-0.15, -0.1) is 0 Å². The first-order chi connectivity index (χ1) is 9.20. The van der Waals surface area contributed by atoms with Crippen LogP contribution >= 0.6 is 15.9 Å². The average molecular weight is 325 g/mol. The Hall–Kier alpha value is -1.49. The molecule has 4 nitrogen and oxygen atoms in total. The molecule has 0 aliphatic rings. The molecule has 0 aliphatic heterocycles. The van der Waals surface area contributed by atoms with E-state index in [0.29, 0.717) is 13.2 Å². The molecule has 0 bridgehead atoms. The summed E-state index contributed by atoms with van der Waals surface area (Å²) in [6.07, 6.45) is 4.59. The molecule has 0 N–H and O–H groups in total. The minimum atomic E-state index is 0.0275. The molecule has 1 heterocycles. The number of imidazole rings is 1. The summed E-state index contributed by atoms with van der Waals surface area (Å²) in [5.41, 5.74) is 0.0275. The van der Waals surface area contributed by atoms with Crippen molar-refractivity contribution in [1.82, 2.24) is 9.13 Å². The summed E-state index contributed by atoms with van der Waals surface area (Å²) in [7, 11) is 0. The standard InChI is InChI=1S/C14H17BrN2O2/c1-2-6-16-7-8-17(14(16)18)9-10-19-13-5-3-4-12(15)11-13/h3-5,7-8,11H,2,6,9-10H2,1H3. The number of aromatic nitrogens is 2. The van der Waals surface area contributed by atoms with Gasteiger partial charge in [-0.05, 0) is 24.6 Å². The Kier molecular flexibility index (Phi) is 4.85. The van der Waals surface area contributed by atoms with Crippen molar-refractivity contribution in [1.29, 1.82) is 0 Å². The Morgan fingerprint density at radius 2 is 1.95 bits per heavy atom. The SMILES string of the molecule is CCCn1ccn(CCOc2cccc(Br)c2)c1=O. The van der Waals surface area contributed by atoms with Crippen LogP contribution in [-0.2, 0) is 13.1 Å². The Bertz CT molecular complexity index is 589. The maximum Gasteiger partial charge on any atom is 0.328 e. The zero-order valence-corrected chi connectivity index (χ0v) is 12.5. The van der Waals surface area contributed by atoms with Gasteiger partial charge in [0.1, 0.15) is 12.4 Å². The largest absolute Gasteiger partial charge is 0.492 e. The molecule has 0 aliphatic carbocycles. The second kappa shape index (κ2) is 6.61. The fraction of sp³-hybridized carbons (Fsp3) is 0.357. The van der Waals surface area contributed by atoms with Crippen LogP contribution in [0.5, 0.6) is 5.75 Å². The lowest BCUT2D eigenvalue weighted by atomic mass is 10.3. The van der Waals surface area contributed by atoms with Gasteiger partial charge in [-0.2, -0.15) is 0 Å². The number of rotatable bonds is 6. The molecule has 0 amide bonds. The van der Waals surface area contributed by atoms with E-state index in [4.69, 9.17) is 4.74 Å². The Morgan fingerprint density at radius 3 is 2.63 bits per heavy atom. The topological polar surface area (TPSA) is 36.2 Å². The van der Waals surface area contributed by atoms with E-state index in [9.17, 15) is 4.79 Å². The van der Waals surface area contributed by atoms with Crippen molar-refractivity contribution in [3.8, 4) is 5.75 Å². The molecule has 0 radical (unpaired) electrons. The first kappa shape index (κ1) is 13.9. The predicted molar refractivity (Wildman–Crippen MR) is 78.6 cm³/mol. The van der Waals surface area contributed by atoms with E-state index in [1.165, 1.54) is 0 Å². The van der Waals surface area contributed by atoms with Gasteiger partial charge >= 0.3 is 5.69 Å². The highest BCUT2D eigenvalue weighted by atomic mass is 79.9. The smallest absolute Gasteiger partial charge is 0.328 e. The Labute approximate surface area is 120 Å². The Morgan fingerprint density at radius 1 is 1.21 bits per heavy atom. The normalized spacial score (nSPS) is 10.6. The lowest BCUT2D eigenvalue weighted by Gasteiger charge is -2.06. The number of halogens is 1. The van der Waals surface area contributed by atoms with Gasteiger partial charge in [-0.1, -0.05) is 28.9 Å². The van der Waals surface area contributed by atoms with Gasteiger partial charge in [0.05, 0.1) is 6.54 Å². The van der Waals surface area contributed by atoms with E-state index in [2.05, 4.69) is 22.9 Å². The number of hydrogen-bond donors (Lipinski definition) is 0. The van der Waals surface area contributed by atoms with Crippen molar-refractivity contribution in [2.24, 2.45) is 0 Å². The molecule has 2 aromatic rings. The van der Waals surface area contributed by atoms with Crippen LogP contribution in [0.15, 0.2) is 45.9 Å². The predicted octanol–water partition coefficient (Wildman–Crippen LogP) is 2.90. The van der Waals surface area contributed by atoms with Crippen LogP contribution in [0.4, 0.5) is 0 Å². The molecule has 102 valence electrons. The van der Waals surface area contributed by atoms with Gasteiger partial charge < -0.3 is 4.74 Å². The monoisotopic (exact) mass is 324 g/mol. The summed E-state index contributed by atoms with van der Waals surface area (Å²) in [5, 5.41) is 0. The van der Waals surface area contributed by atoms with E-state index in [-0.39, 0.29) is 5.69 Å². The van der Waals surface area contributed by atoms with E-state index >= 15 is 0 Å². The summed E-state index contributed by atoms with van der Waals surface area (Å²) in [5.74, 6) is 0.801. The molecule has 0 saturated carbocycles. The highest BCUT2D eigenvalue weighted by Crippen LogP contribution is 2.17. The van der Waals surface area contributed by atoms with E-state index in [1.807, 2.05) is 36.7 Å². The van der Waals surface area contributed by atoms with Crippen molar-refractivity contribution in [3.63, 3.8) is 0 Å². The van der Waals surface area contributed by atoms with Crippen molar-refractivity contribution in [2.45, 2.75) is 26.4 Å². The lowest BCUT2D eigenvalue weighted by molar-refractivity contribution is 0.295. The van der Waals surface area contributed by atoms with Gasteiger partial charge in [0.2, 0.25) is 0 Å². The highest BCUT2D eigenvalue weighted by Gasteiger charge is 2.02. The van der Waals surface area contributed by atoms with Gasteiger partial charge in [0, 0.05) is 23.4 Å². The number of aryl methyl sites for hydroxylation is 1. The molecular weight excluding hydrogens is 308 g/mol. The first-order valence-electron chi connectivity index (χ1n) is 6.34. The van der Waals surface area contributed by atoms with Crippen molar-refractivity contribution in [3.05, 3.63) is 51.6 Å². The molecule has 5 heteroatoms. The second-order valence-electron chi connectivity index (χ2n) is 4.27. The van der Waals surface area contributed by atoms with Crippen LogP contribution in [0.2, 0.25) is 0 Å². The molecule has 0 spiro atoms. The van der Waals surface area contributed by atoms with Crippen molar-refractivity contribution in [2.75, 3.05) is 6.61 Å². The third-order valence-corrected chi connectivity index (χ3v) is 3.27. The molecule has 0 saturated heterocycles. The average Bonchev–Trinajstić information content (AvgIpc) is 2.72. The zero-order chi connectivity index (χ0) is 13.7. The third-order valence-electron chi connectivity index (χ3n) is 2.78. The molecule has 0 fully saturated rings. The third kappa shape index (κ3) is 3.73. The molecular formula is C14H17BrN2O2. The van der Waals surface area contributed by atoms with Crippen molar-refractivity contribution < 1.29 is 4.74 Å². The summed E-state index contributed by atoms with van der Waals surface area (Å²) >= 11 is 3.39. The van der Waals surface area contributed by atoms with E-state index in [0.717, 1.165) is 23.2 Å². The van der Waals surface area contributed by atoms with E-state index in [1.54, 1.807) is 9.13 Å². The summed E-state index contributed by atoms with van der Waals surface area (Å²) < 4.78 is 9.99. The molecule has 1 aromatic carbocycles. The summed E-state index contributed by atoms with van der Waals surface area (Å²) in [6, 6.07) is 7.67. The van der Waals surface area contributed by atoms with Crippen molar-refractivity contribution >= 4 is 15.9 Å². The molecule has 2 rings (SSSR count). The number of benzene rings is 1. The number of nitrogens with zero attached hydrogens (tertiary/aromatic N) is 2. The first-order valence-corrected chi connectivity index (χ1v) is 7.14. The number of ether oxygens (including phenoxy) is 1. The second-order valence-corrected chi connectivity index (χ2v) is 5.19. The lowest BCUT2D eigenvalue weighted by Crippen LogP contribution is -2.25. The van der Waals surface area contributed by atoms with Crippen LogP contribution in [0, 0.1) is 0 Å². The van der Waals surface area contributed by atoms with Crippen LogP contribution in [0.1, 0.15) is 13.3 Å². The fourth-order valence-electron chi connectivity index (χ4n) is 1.85. The maximum atomic E-state index is 11.9. The van der Waals surface area contributed by atoms with Crippen LogP contribution in [0.3, 0.4) is 0 Å². The van der Waals surface area contributed by atoms with Gasteiger partial charge in [-0.25, -0.2) is 4.79 Å². The van der Waals surface area contributed by atoms with Gasteiger partial charge in [0.15, 0.2) is 0 Å².